The highest BCUT2D eigenvalue weighted by Crippen LogP contribution is 2.17. The zero-order valence-electron chi connectivity index (χ0n) is 11.7. The highest BCUT2D eigenvalue weighted by molar-refractivity contribution is 5.19. The maximum Gasteiger partial charge on any atom is 0.123 e. The van der Waals surface area contributed by atoms with Crippen LogP contribution in [0.2, 0.25) is 0 Å². The van der Waals surface area contributed by atoms with Crippen LogP contribution in [0.5, 0.6) is 0 Å². The third kappa shape index (κ3) is 4.27. The summed E-state index contributed by atoms with van der Waals surface area (Å²) in [5.74, 6) is -0.221. The number of nitrogens with zero attached hydrogens (tertiary/aromatic N) is 1. The van der Waals surface area contributed by atoms with Gasteiger partial charge in [0.2, 0.25) is 0 Å². The minimum Gasteiger partial charge on any atom is -0.373 e. The number of hydrogen-bond donors (Lipinski definition) is 1. The van der Waals surface area contributed by atoms with Gasteiger partial charge >= 0.3 is 0 Å². The highest BCUT2D eigenvalue weighted by Gasteiger charge is 2.22. The molecule has 1 heterocycles. The summed E-state index contributed by atoms with van der Waals surface area (Å²) < 4.78 is 18.8. The molecule has 1 aliphatic rings. The van der Waals surface area contributed by atoms with Gasteiger partial charge in [0, 0.05) is 25.7 Å². The first-order valence-electron chi connectivity index (χ1n) is 6.93. The Labute approximate surface area is 114 Å². The Morgan fingerprint density at radius 2 is 2.05 bits per heavy atom. The number of ether oxygens (including phenoxy) is 1. The molecule has 0 aliphatic carbocycles. The molecular weight excluding hydrogens is 243 g/mol. The van der Waals surface area contributed by atoms with Crippen molar-refractivity contribution in [3.63, 3.8) is 0 Å². The van der Waals surface area contributed by atoms with Crippen molar-refractivity contribution in [1.82, 2.24) is 4.90 Å². The van der Waals surface area contributed by atoms with Crippen molar-refractivity contribution in [2.75, 3.05) is 19.6 Å². The van der Waals surface area contributed by atoms with E-state index >= 15 is 0 Å². The van der Waals surface area contributed by atoms with Crippen molar-refractivity contribution in [1.29, 1.82) is 0 Å². The van der Waals surface area contributed by atoms with Crippen LogP contribution in [-0.2, 0) is 4.74 Å². The third-order valence-electron chi connectivity index (χ3n) is 3.53. The summed E-state index contributed by atoms with van der Waals surface area (Å²) in [6.45, 7) is 7.00. The van der Waals surface area contributed by atoms with Gasteiger partial charge in [-0.05, 0) is 38.0 Å². The van der Waals surface area contributed by atoms with Crippen LogP contribution in [0.25, 0.3) is 0 Å². The van der Waals surface area contributed by atoms with E-state index in [2.05, 4.69) is 18.7 Å². The lowest BCUT2D eigenvalue weighted by Gasteiger charge is -2.35. The van der Waals surface area contributed by atoms with E-state index in [-0.39, 0.29) is 24.1 Å². The number of halogens is 1. The second-order valence-electron chi connectivity index (χ2n) is 5.47. The molecule has 1 fully saturated rings. The van der Waals surface area contributed by atoms with Crippen molar-refractivity contribution in [3.8, 4) is 0 Å². The van der Waals surface area contributed by atoms with Gasteiger partial charge in [-0.1, -0.05) is 12.1 Å². The largest absolute Gasteiger partial charge is 0.373 e. The Bertz CT molecular complexity index is 403. The molecule has 1 aliphatic heterocycles. The zero-order chi connectivity index (χ0) is 13.8. The average Bonchev–Trinajstić information content (AvgIpc) is 2.35. The molecule has 0 radical (unpaired) electrons. The molecule has 0 spiro atoms. The van der Waals surface area contributed by atoms with Gasteiger partial charge < -0.3 is 10.5 Å². The zero-order valence-corrected chi connectivity index (χ0v) is 11.7. The number of nitrogens with two attached hydrogens (primary N) is 1. The van der Waals surface area contributed by atoms with E-state index in [0.29, 0.717) is 0 Å². The molecule has 19 heavy (non-hydrogen) atoms. The molecule has 1 aromatic rings. The van der Waals surface area contributed by atoms with Crippen LogP contribution in [0.1, 0.15) is 31.9 Å². The van der Waals surface area contributed by atoms with Gasteiger partial charge in [0.1, 0.15) is 5.82 Å². The van der Waals surface area contributed by atoms with Gasteiger partial charge in [-0.2, -0.15) is 0 Å². The molecule has 2 N–H and O–H groups in total. The van der Waals surface area contributed by atoms with Gasteiger partial charge in [-0.25, -0.2) is 4.39 Å². The first-order chi connectivity index (χ1) is 9.04. The normalized spacial score (nSPS) is 26.3. The highest BCUT2D eigenvalue weighted by atomic mass is 19.1. The molecule has 0 amide bonds. The minimum absolute atomic E-state index is 0.107. The average molecular weight is 266 g/mol. The lowest BCUT2D eigenvalue weighted by Crippen LogP contribution is -2.46. The van der Waals surface area contributed by atoms with Crippen LogP contribution in [0, 0.1) is 5.82 Å². The van der Waals surface area contributed by atoms with E-state index in [1.807, 2.05) is 6.07 Å². The molecular formula is C15H23FN2O. The molecule has 0 saturated carbocycles. The maximum atomic E-state index is 13.1. The Morgan fingerprint density at radius 3 is 2.68 bits per heavy atom. The minimum atomic E-state index is -0.221. The smallest absolute Gasteiger partial charge is 0.123 e. The summed E-state index contributed by atoms with van der Waals surface area (Å²) in [5, 5.41) is 0. The fourth-order valence-electron chi connectivity index (χ4n) is 2.69. The predicted octanol–water partition coefficient (Wildman–Crippen LogP) is 2.32. The summed E-state index contributed by atoms with van der Waals surface area (Å²) in [6, 6.07) is 6.46. The maximum absolute atomic E-state index is 13.1. The Hall–Kier alpha value is -0.970. The summed E-state index contributed by atoms with van der Waals surface area (Å²) in [5.41, 5.74) is 7.00. The second kappa shape index (κ2) is 6.46. The quantitative estimate of drug-likeness (QED) is 0.909. The van der Waals surface area contributed by atoms with Crippen molar-refractivity contribution < 1.29 is 9.13 Å². The van der Waals surface area contributed by atoms with Crippen LogP contribution < -0.4 is 5.73 Å². The molecule has 4 heteroatoms. The number of hydrogen-bond acceptors (Lipinski definition) is 3. The van der Waals surface area contributed by atoms with Gasteiger partial charge in [-0.15, -0.1) is 0 Å². The van der Waals surface area contributed by atoms with E-state index in [1.165, 1.54) is 12.1 Å². The van der Waals surface area contributed by atoms with Crippen LogP contribution >= 0.6 is 0 Å². The molecule has 1 aromatic carbocycles. The monoisotopic (exact) mass is 266 g/mol. The number of rotatable bonds is 4. The summed E-state index contributed by atoms with van der Waals surface area (Å²) in [7, 11) is 0. The lowest BCUT2D eigenvalue weighted by molar-refractivity contribution is -0.0684. The second-order valence-corrected chi connectivity index (χ2v) is 5.47. The third-order valence-corrected chi connectivity index (χ3v) is 3.53. The van der Waals surface area contributed by atoms with E-state index in [1.54, 1.807) is 6.07 Å². The lowest BCUT2D eigenvalue weighted by atomic mass is 10.0. The van der Waals surface area contributed by atoms with Crippen molar-refractivity contribution in [2.45, 2.75) is 38.5 Å². The first kappa shape index (κ1) is 14.4. The molecule has 0 aromatic heterocycles. The predicted molar refractivity (Wildman–Crippen MR) is 74.4 cm³/mol. The molecule has 1 saturated heterocycles. The molecule has 2 rings (SSSR count). The van der Waals surface area contributed by atoms with E-state index < -0.39 is 0 Å². The fraction of sp³-hybridized carbons (Fsp3) is 0.600. The van der Waals surface area contributed by atoms with Gasteiger partial charge in [0.15, 0.2) is 0 Å². The number of benzene rings is 1. The van der Waals surface area contributed by atoms with E-state index in [4.69, 9.17) is 10.5 Å². The molecule has 106 valence electrons. The van der Waals surface area contributed by atoms with Crippen LogP contribution in [-0.4, -0.2) is 36.7 Å². The Morgan fingerprint density at radius 1 is 1.37 bits per heavy atom. The molecule has 3 atom stereocenters. The van der Waals surface area contributed by atoms with Crippen molar-refractivity contribution in [3.05, 3.63) is 35.6 Å². The van der Waals surface area contributed by atoms with Gasteiger partial charge in [0.25, 0.3) is 0 Å². The molecule has 3 nitrogen and oxygen atoms in total. The SMILES string of the molecule is CC1CN(CCC(N)c2cccc(F)c2)CC(C)O1. The van der Waals surface area contributed by atoms with Crippen LogP contribution in [0.4, 0.5) is 4.39 Å². The van der Waals surface area contributed by atoms with Crippen molar-refractivity contribution >= 4 is 0 Å². The Kier molecular flexibility index (Phi) is 4.91. The van der Waals surface area contributed by atoms with Crippen molar-refractivity contribution in [2.24, 2.45) is 5.73 Å². The van der Waals surface area contributed by atoms with Gasteiger partial charge in [0.05, 0.1) is 12.2 Å². The van der Waals surface area contributed by atoms with Crippen LogP contribution in [0.3, 0.4) is 0 Å². The Balaban J connectivity index is 1.84. The molecule has 0 bridgehead atoms. The fourth-order valence-corrected chi connectivity index (χ4v) is 2.69. The summed E-state index contributed by atoms with van der Waals surface area (Å²) >= 11 is 0. The topological polar surface area (TPSA) is 38.5 Å². The van der Waals surface area contributed by atoms with E-state index in [9.17, 15) is 4.39 Å². The molecule has 3 unspecified atom stereocenters. The van der Waals surface area contributed by atoms with Gasteiger partial charge in [-0.3, -0.25) is 4.90 Å². The van der Waals surface area contributed by atoms with Crippen LogP contribution in [0.15, 0.2) is 24.3 Å². The van der Waals surface area contributed by atoms with E-state index in [0.717, 1.165) is 31.6 Å². The number of morpholine rings is 1. The summed E-state index contributed by atoms with van der Waals surface area (Å²) in [4.78, 5) is 2.37. The first-order valence-corrected chi connectivity index (χ1v) is 6.93. The standard InChI is InChI=1S/C15H23FN2O/c1-11-9-18(10-12(2)19-11)7-6-15(17)13-4-3-5-14(16)8-13/h3-5,8,11-12,15H,6-7,9-10,17H2,1-2H3. The summed E-state index contributed by atoms with van der Waals surface area (Å²) in [6.07, 6.45) is 1.38.